The van der Waals surface area contributed by atoms with Crippen LogP contribution < -0.4 is 14.2 Å². The van der Waals surface area contributed by atoms with E-state index in [1.54, 1.807) is 30.1 Å². The van der Waals surface area contributed by atoms with Crippen molar-refractivity contribution in [2.24, 2.45) is 0 Å². The highest BCUT2D eigenvalue weighted by molar-refractivity contribution is 6.31. The van der Waals surface area contributed by atoms with Crippen molar-refractivity contribution in [3.8, 4) is 28.4 Å². The summed E-state index contributed by atoms with van der Waals surface area (Å²) < 4.78 is 17.2. The summed E-state index contributed by atoms with van der Waals surface area (Å²) in [4.78, 5) is 29.5. The summed E-state index contributed by atoms with van der Waals surface area (Å²) in [5, 5.41) is 0.585. The summed E-state index contributed by atoms with van der Waals surface area (Å²) in [5.41, 5.74) is 3.59. The fourth-order valence-electron chi connectivity index (χ4n) is 5.05. The number of nitrogens with zero attached hydrogens (tertiary/aromatic N) is 2. The summed E-state index contributed by atoms with van der Waals surface area (Å²) in [6, 6.07) is 19.3. The molecule has 0 saturated carbocycles. The van der Waals surface area contributed by atoms with Gasteiger partial charge in [0.25, 0.3) is 0 Å². The number of hydrogen-bond acceptors (Lipinski definition) is 5. The van der Waals surface area contributed by atoms with Crippen molar-refractivity contribution in [2.75, 3.05) is 40.5 Å². The van der Waals surface area contributed by atoms with Gasteiger partial charge in [-0.25, -0.2) is 0 Å². The van der Waals surface area contributed by atoms with Crippen LogP contribution in [0.15, 0.2) is 60.7 Å². The molecule has 2 aliphatic rings. The van der Waals surface area contributed by atoms with Gasteiger partial charge in [-0.1, -0.05) is 41.9 Å². The van der Waals surface area contributed by atoms with E-state index in [0.29, 0.717) is 54.9 Å². The first kappa shape index (κ1) is 25.0. The number of likely N-dealkylation sites (tertiary alicyclic amines) is 1. The van der Waals surface area contributed by atoms with Gasteiger partial charge in [-0.3, -0.25) is 9.59 Å². The standard InChI is InChI=1S/C29H29ClN2O5/c1-35-25-9-8-23(30)15-24(25)20-12-22-17-31(10-11-37-29(22)26(13-20)36-2)28(34)18-32-16-21(14-27(32)33)19-6-4-3-5-7-19/h3-9,12-13,15,21H,10-11,14,16-18H2,1-2H3. The quantitative estimate of drug-likeness (QED) is 0.469. The van der Waals surface area contributed by atoms with Crippen LogP contribution >= 0.6 is 11.6 Å². The van der Waals surface area contributed by atoms with E-state index in [4.69, 9.17) is 25.8 Å². The summed E-state index contributed by atoms with van der Waals surface area (Å²) >= 11 is 6.28. The van der Waals surface area contributed by atoms with Crippen LogP contribution in [-0.4, -0.2) is 62.1 Å². The van der Waals surface area contributed by atoms with Crippen LogP contribution in [0.1, 0.15) is 23.5 Å². The number of benzene rings is 3. The molecule has 3 aromatic rings. The molecule has 0 bridgehead atoms. The number of carbonyl (C=O) groups is 2. The fraction of sp³-hybridized carbons (Fsp3) is 0.310. The Morgan fingerprint density at radius 2 is 1.84 bits per heavy atom. The molecule has 2 amide bonds. The number of hydrogen-bond donors (Lipinski definition) is 0. The summed E-state index contributed by atoms with van der Waals surface area (Å²) in [6.07, 6.45) is 0.422. The zero-order valence-corrected chi connectivity index (χ0v) is 21.7. The van der Waals surface area contributed by atoms with Gasteiger partial charge in [-0.05, 0) is 41.5 Å². The molecule has 0 aromatic heterocycles. The lowest BCUT2D eigenvalue weighted by Gasteiger charge is -2.24. The third kappa shape index (κ3) is 5.23. The van der Waals surface area contributed by atoms with Gasteiger partial charge >= 0.3 is 0 Å². The second-order valence-electron chi connectivity index (χ2n) is 9.26. The molecule has 0 spiro atoms. The third-order valence-electron chi connectivity index (χ3n) is 6.96. The molecule has 0 aliphatic carbocycles. The van der Waals surface area contributed by atoms with Crippen LogP contribution in [0.2, 0.25) is 5.02 Å². The van der Waals surface area contributed by atoms with E-state index >= 15 is 0 Å². The highest BCUT2D eigenvalue weighted by atomic mass is 35.5. The monoisotopic (exact) mass is 520 g/mol. The Hall–Kier alpha value is -3.71. The first-order chi connectivity index (χ1) is 18.0. The van der Waals surface area contributed by atoms with Crippen LogP contribution in [0.3, 0.4) is 0 Å². The molecule has 1 unspecified atom stereocenters. The number of amides is 2. The molecule has 1 fully saturated rings. The molecule has 8 heteroatoms. The zero-order valence-electron chi connectivity index (χ0n) is 20.9. The SMILES string of the molecule is COc1ccc(Cl)cc1-c1cc2c(c(OC)c1)OCCN(C(=O)CN1CC(c3ccccc3)CC1=O)C2. The molecule has 2 aliphatic heterocycles. The van der Waals surface area contributed by atoms with Gasteiger partial charge in [-0.15, -0.1) is 0 Å². The van der Waals surface area contributed by atoms with Gasteiger partial charge in [0.2, 0.25) is 11.8 Å². The van der Waals surface area contributed by atoms with Crippen molar-refractivity contribution in [2.45, 2.75) is 18.9 Å². The number of rotatable bonds is 6. The number of methoxy groups -OCH3 is 2. The Balaban J connectivity index is 1.37. The van der Waals surface area contributed by atoms with E-state index in [9.17, 15) is 9.59 Å². The number of fused-ring (bicyclic) bond motifs is 1. The average Bonchev–Trinajstić information content (AvgIpc) is 3.14. The lowest BCUT2D eigenvalue weighted by molar-refractivity contribution is -0.138. The van der Waals surface area contributed by atoms with Crippen molar-refractivity contribution in [1.82, 2.24) is 9.80 Å². The maximum Gasteiger partial charge on any atom is 0.242 e. The first-order valence-corrected chi connectivity index (χ1v) is 12.6. The van der Waals surface area contributed by atoms with Crippen LogP contribution in [-0.2, 0) is 16.1 Å². The van der Waals surface area contributed by atoms with Crippen LogP contribution in [0.25, 0.3) is 11.1 Å². The van der Waals surface area contributed by atoms with Gasteiger partial charge in [0.1, 0.15) is 12.4 Å². The summed E-state index contributed by atoms with van der Waals surface area (Å²) in [6.45, 7) is 1.68. The minimum absolute atomic E-state index is 0.00526. The smallest absolute Gasteiger partial charge is 0.242 e. The molecule has 3 aromatic carbocycles. The Bertz CT molecular complexity index is 1310. The van der Waals surface area contributed by atoms with Crippen molar-refractivity contribution >= 4 is 23.4 Å². The molecular weight excluding hydrogens is 492 g/mol. The Morgan fingerprint density at radius 1 is 1.05 bits per heavy atom. The fourth-order valence-corrected chi connectivity index (χ4v) is 5.22. The van der Waals surface area contributed by atoms with Crippen molar-refractivity contribution in [3.05, 3.63) is 76.8 Å². The molecule has 0 N–H and O–H groups in total. The predicted octanol–water partition coefficient (Wildman–Crippen LogP) is 4.76. The lowest BCUT2D eigenvalue weighted by atomic mass is 9.99. The second-order valence-corrected chi connectivity index (χ2v) is 9.70. The van der Waals surface area contributed by atoms with Crippen LogP contribution in [0.5, 0.6) is 17.2 Å². The first-order valence-electron chi connectivity index (χ1n) is 12.2. The average molecular weight is 521 g/mol. The zero-order chi connectivity index (χ0) is 25.9. The van der Waals surface area contributed by atoms with Crippen LogP contribution in [0.4, 0.5) is 0 Å². The Morgan fingerprint density at radius 3 is 2.59 bits per heavy atom. The second kappa shape index (κ2) is 10.7. The van der Waals surface area contributed by atoms with Gasteiger partial charge in [0.05, 0.1) is 27.3 Å². The third-order valence-corrected chi connectivity index (χ3v) is 7.19. The highest BCUT2D eigenvalue weighted by Gasteiger charge is 2.33. The van der Waals surface area contributed by atoms with Gasteiger partial charge in [0, 0.05) is 41.6 Å². The molecule has 1 saturated heterocycles. The van der Waals surface area contributed by atoms with Crippen molar-refractivity contribution < 1.29 is 23.8 Å². The molecule has 2 heterocycles. The molecular formula is C29H29ClN2O5. The molecule has 1 atom stereocenters. The molecule has 0 radical (unpaired) electrons. The van der Waals surface area contributed by atoms with Crippen LogP contribution in [0, 0.1) is 0 Å². The topological polar surface area (TPSA) is 68.3 Å². The van der Waals surface area contributed by atoms with E-state index < -0.39 is 0 Å². The summed E-state index contributed by atoms with van der Waals surface area (Å²) in [5.74, 6) is 1.87. The minimum atomic E-state index is -0.108. The highest BCUT2D eigenvalue weighted by Crippen LogP contribution is 2.41. The van der Waals surface area contributed by atoms with Gasteiger partial charge < -0.3 is 24.0 Å². The van der Waals surface area contributed by atoms with E-state index in [2.05, 4.69) is 0 Å². The maximum atomic E-state index is 13.4. The summed E-state index contributed by atoms with van der Waals surface area (Å²) in [7, 11) is 3.20. The maximum absolute atomic E-state index is 13.4. The van der Waals surface area contributed by atoms with E-state index in [0.717, 1.165) is 22.3 Å². The largest absolute Gasteiger partial charge is 0.496 e. The predicted molar refractivity (Wildman–Crippen MR) is 141 cm³/mol. The molecule has 37 heavy (non-hydrogen) atoms. The van der Waals surface area contributed by atoms with E-state index in [-0.39, 0.29) is 24.3 Å². The Labute approximate surface area is 221 Å². The Kier molecular flexibility index (Phi) is 7.24. The molecule has 192 valence electrons. The molecule has 7 nitrogen and oxygen atoms in total. The number of carbonyl (C=O) groups excluding carboxylic acids is 2. The van der Waals surface area contributed by atoms with E-state index in [1.165, 1.54) is 0 Å². The minimum Gasteiger partial charge on any atom is -0.496 e. The van der Waals surface area contributed by atoms with Gasteiger partial charge in [-0.2, -0.15) is 0 Å². The lowest BCUT2D eigenvalue weighted by Crippen LogP contribution is -2.41. The number of ether oxygens (including phenoxy) is 3. The normalized spacial score (nSPS) is 17.2. The molecule has 5 rings (SSSR count). The van der Waals surface area contributed by atoms with Gasteiger partial charge in [0.15, 0.2) is 11.5 Å². The number of halogens is 1. The van der Waals surface area contributed by atoms with Crippen molar-refractivity contribution in [1.29, 1.82) is 0 Å². The van der Waals surface area contributed by atoms with E-state index in [1.807, 2.05) is 54.6 Å². The van der Waals surface area contributed by atoms with Crippen molar-refractivity contribution in [3.63, 3.8) is 0 Å².